The number of benzene rings is 4. The second kappa shape index (κ2) is 28.8. The number of anilines is 4. The number of methoxy groups -OCH3 is 1. The topological polar surface area (TPSA) is 364 Å². The lowest BCUT2D eigenvalue weighted by Crippen LogP contribution is -2.42. The van der Waals surface area contributed by atoms with Crippen molar-refractivity contribution in [3.05, 3.63) is 173 Å². The van der Waals surface area contributed by atoms with E-state index in [0.29, 0.717) is 70.8 Å². The van der Waals surface area contributed by atoms with Gasteiger partial charge in [0.2, 0.25) is 31.9 Å². The Morgan fingerprint density at radius 2 is 1.20 bits per heavy atom. The van der Waals surface area contributed by atoms with Crippen molar-refractivity contribution in [2.24, 2.45) is 5.92 Å². The summed E-state index contributed by atoms with van der Waals surface area (Å²) in [6.45, 7) is 6.75. The molecule has 2 aliphatic heterocycles. The van der Waals surface area contributed by atoms with Crippen LogP contribution in [0, 0.1) is 19.8 Å². The highest BCUT2D eigenvalue weighted by molar-refractivity contribution is 7.89. The van der Waals surface area contributed by atoms with E-state index in [1.165, 1.54) is 25.4 Å². The molecule has 0 aliphatic carbocycles. The average Bonchev–Trinajstić information content (AvgIpc) is 2.80. The Hall–Kier alpha value is -9.51. The lowest BCUT2D eigenvalue weighted by atomic mass is 9.99. The number of urea groups is 2. The van der Waals surface area contributed by atoms with Crippen molar-refractivity contribution < 1.29 is 69.6 Å². The molecule has 88 heavy (non-hydrogen) atoms. The molecule has 5 unspecified atom stereocenters. The number of ether oxygens (including phenoxy) is 1. The van der Waals surface area contributed by atoms with E-state index in [0.717, 1.165) is 30.2 Å². The van der Waals surface area contributed by atoms with Crippen LogP contribution in [-0.4, -0.2) is 126 Å². The largest absolute Gasteiger partial charge is 0.495 e. The molecule has 26 nitrogen and oxygen atoms in total. The van der Waals surface area contributed by atoms with E-state index in [1.807, 2.05) is 57.2 Å². The molecule has 6 amide bonds. The monoisotopic (exact) mass is 1250 g/mol. The van der Waals surface area contributed by atoms with Gasteiger partial charge in [-0.25, -0.2) is 31.1 Å². The number of hydrogen-bond acceptors (Lipinski definition) is 16. The zero-order chi connectivity index (χ0) is 63.3. The molecule has 464 valence electrons. The van der Waals surface area contributed by atoms with Crippen LogP contribution in [0.5, 0.6) is 5.75 Å². The molecule has 4 aromatic carbocycles. The number of carboxylic acids is 2. The van der Waals surface area contributed by atoms with Gasteiger partial charge in [0.1, 0.15) is 17.8 Å². The van der Waals surface area contributed by atoms with E-state index in [9.17, 15) is 55.8 Å². The van der Waals surface area contributed by atoms with E-state index in [-0.39, 0.29) is 59.7 Å². The normalized spacial score (nSPS) is 16.4. The molecule has 0 bridgehead atoms. The van der Waals surface area contributed by atoms with Crippen LogP contribution in [0.4, 0.5) is 32.3 Å². The first kappa shape index (κ1) is 64.5. The molecule has 2 fully saturated rings. The second-order valence-electron chi connectivity index (χ2n) is 21.2. The average molecular weight is 1250 g/mol. The van der Waals surface area contributed by atoms with Gasteiger partial charge in [-0.05, 0) is 104 Å². The summed E-state index contributed by atoms with van der Waals surface area (Å²) in [5.74, 6) is -1.82. The maximum absolute atomic E-state index is 13.5. The van der Waals surface area contributed by atoms with Gasteiger partial charge >= 0.3 is 24.0 Å². The van der Waals surface area contributed by atoms with Gasteiger partial charge in [-0.2, -0.15) is 4.72 Å². The Balaban J connectivity index is 0.000000230. The maximum atomic E-state index is 13.5. The van der Waals surface area contributed by atoms with Gasteiger partial charge in [-0.15, -0.1) is 0 Å². The Morgan fingerprint density at radius 3 is 1.80 bits per heavy atom. The number of aryl methyl sites for hydroxylation is 2. The Bertz CT molecular complexity index is 3880. The predicted octanol–water partition coefficient (Wildman–Crippen LogP) is 7.24. The van der Waals surface area contributed by atoms with Crippen molar-refractivity contribution in [3.8, 4) is 5.75 Å². The van der Waals surface area contributed by atoms with Gasteiger partial charge in [-0.1, -0.05) is 77.9 Å². The second-order valence-corrected chi connectivity index (χ2v) is 24.7. The molecule has 5 atom stereocenters. The van der Waals surface area contributed by atoms with Crippen LogP contribution < -0.4 is 35.4 Å². The number of hydrogen-bond donors (Lipinski definition) is 8. The molecule has 7 aromatic rings. The predicted molar refractivity (Wildman–Crippen MR) is 322 cm³/mol. The molecule has 5 heterocycles. The Morgan fingerprint density at radius 1 is 0.636 bits per heavy atom. The third-order valence-electron chi connectivity index (χ3n) is 14.6. The fourth-order valence-corrected chi connectivity index (χ4v) is 12.0. The number of amides is 6. The first-order valence-electron chi connectivity index (χ1n) is 27.8. The number of carbonyl (C=O) groups is 6. The van der Waals surface area contributed by atoms with Gasteiger partial charge in [-0.3, -0.25) is 24.2 Å². The molecule has 28 heteroatoms. The maximum Gasteiger partial charge on any atom is 0.323 e. The summed E-state index contributed by atoms with van der Waals surface area (Å²) in [6.07, 6.45) is 4.05. The minimum absolute atomic E-state index is 0.0271. The lowest BCUT2D eigenvalue weighted by molar-refractivity contribution is -0.139. The first-order chi connectivity index (χ1) is 41.9. The van der Waals surface area contributed by atoms with Crippen LogP contribution in [-0.2, 0) is 64.9 Å². The van der Waals surface area contributed by atoms with Crippen LogP contribution in [0.25, 0.3) is 0 Å². The van der Waals surface area contributed by atoms with Crippen LogP contribution >= 0.6 is 0 Å². The molecule has 8 N–H and O–H groups in total. The highest BCUT2D eigenvalue weighted by atomic mass is 32.2. The molecule has 2 aliphatic rings. The molecular weight excluding hydrogens is 1180 g/mol. The number of sulfonamides is 2. The Kier molecular flexibility index (Phi) is 21.1. The van der Waals surface area contributed by atoms with Crippen molar-refractivity contribution in [2.75, 3.05) is 47.7 Å². The number of carbonyl (C=O) groups excluding carboxylic acids is 4. The molecule has 2 saturated heterocycles. The number of nitrogens with one attached hydrogen (secondary N) is 6. The Labute approximate surface area is 507 Å². The highest BCUT2D eigenvalue weighted by Gasteiger charge is 2.39. The zero-order valence-corrected chi connectivity index (χ0v) is 50.3. The SMILES string of the molecule is COc1cc(CC(=O)N2CCCC2c2cc(CC(NS(=O)(=O)c3ccccc3)C(=O)O)no2)ccc1NC(=O)Nc1ccccc1C.Cc1ccccc1NC(=O)Nc1ccc(CC(=O)N2CCC(C)C2c2cc(CC(NS(C)(=O)=O)C(=O)O)no2)nc1. The van der Waals surface area contributed by atoms with Crippen molar-refractivity contribution in [3.63, 3.8) is 0 Å². The number of carboxylic acid groups (broad SMARTS) is 2. The van der Waals surface area contributed by atoms with E-state index in [2.05, 4.69) is 46.0 Å². The van der Waals surface area contributed by atoms with E-state index in [4.69, 9.17) is 13.8 Å². The number of aliphatic carboxylic acids is 2. The van der Waals surface area contributed by atoms with Gasteiger partial charge in [0.05, 0.1) is 72.1 Å². The van der Waals surface area contributed by atoms with Gasteiger partial charge in [0, 0.05) is 55.1 Å². The number of para-hydroxylation sites is 2. The summed E-state index contributed by atoms with van der Waals surface area (Å²) < 4.78 is 69.3. The van der Waals surface area contributed by atoms with Crippen LogP contribution in [0.2, 0.25) is 0 Å². The smallest absolute Gasteiger partial charge is 0.323 e. The number of aromatic nitrogens is 3. The summed E-state index contributed by atoms with van der Waals surface area (Å²) in [6, 6.07) is 29.3. The van der Waals surface area contributed by atoms with Crippen molar-refractivity contribution in [1.29, 1.82) is 0 Å². The number of rotatable bonds is 22. The standard InChI is InChI=1S/C33H35N5O8S.C27H32N6O7S/c1-21-9-6-7-12-25(21)34-33(42)35-26-15-14-22(17-29(26)45-2)18-31(39)38-16-8-13-28(38)30-20-23(36-46-30)19-27(32(40)41)37-47(43,44)24-10-4-3-5-11-24;1-16-6-4-5-7-21(16)30-27(37)29-19-9-8-18(28-15-19)14-24(34)33-11-10-17(2)25(33)23-13-20(31-40-23)12-22(26(35)36)32-41(3,38)39/h3-7,9-12,14-15,17,20,27-28,37H,8,13,16,18-19H2,1-2H3,(H,40,41)(H2,34,35,42);4-9,13,15,17,22,25,32H,10-12,14H2,1-3H3,(H,35,36)(H2,29,30,37). The third-order valence-corrected chi connectivity index (χ3v) is 16.8. The zero-order valence-electron chi connectivity index (χ0n) is 48.6. The number of pyridine rings is 1. The first-order valence-corrected chi connectivity index (χ1v) is 31.2. The minimum atomic E-state index is -4.09. The summed E-state index contributed by atoms with van der Waals surface area (Å²) in [7, 11) is -6.36. The summed E-state index contributed by atoms with van der Waals surface area (Å²) in [5, 5.41) is 38.1. The van der Waals surface area contributed by atoms with Crippen molar-refractivity contribution >= 4 is 78.6 Å². The van der Waals surface area contributed by atoms with Crippen LogP contribution in [0.1, 0.15) is 83.6 Å². The summed E-state index contributed by atoms with van der Waals surface area (Å²) in [5.41, 5.74) is 5.82. The highest BCUT2D eigenvalue weighted by Crippen LogP contribution is 2.38. The van der Waals surface area contributed by atoms with Crippen LogP contribution in [0.15, 0.2) is 141 Å². The molecular formula is C60H67N11O15S2. The fraction of sp³-hybridized carbons (Fsp3) is 0.317. The van der Waals surface area contributed by atoms with E-state index < -0.39 is 68.2 Å². The minimum Gasteiger partial charge on any atom is -0.495 e. The van der Waals surface area contributed by atoms with Gasteiger partial charge < -0.3 is 55.1 Å². The number of likely N-dealkylation sites (tertiary alicyclic amines) is 2. The van der Waals surface area contributed by atoms with Gasteiger partial charge in [0.15, 0.2) is 11.5 Å². The summed E-state index contributed by atoms with van der Waals surface area (Å²) in [4.78, 5) is 82.7. The summed E-state index contributed by atoms with van der Waals surface area (Å²) >= 11 is 0. The third kappa shape index (κ3) is 17.4. The molecule has 0 radical (unpaired) electrons. The quantitative estimate of drug-likeness (QED) is 0.0331. The number of nitrogens with zero attached hydrogens (tertiary/aromatic N) is 5. The molecule has 9 rings (SSSR count). The molecule has 0 saturated carbocycles. The van der Waals surface area contributed by atoms with E-state index >= 15 is 0 Å². The molecule has 0 spiro atoms. The van der Waals surface area contributed by atoms with Crippen molar-refractivity contribution in [2.45, 2.75) is 94.8 Å². The van der Waals surface area contributed by atoms with E-state index in [1.54, 1.807) is 82.6 Å². The van der Waals surface area contributed by atoms with Crippen molar-refractivity contribution in [1.82, 2.24) is 34.5 Å². The fourth-order valence-electron chi connectivity index (χ4n) is 10.1. The lowest BCUT2D eigenvalue weighted by Gasteiger charge is -2.24. The molecule has 3 aromatic heterocycles. The van der Waals surface area contributed by atoms with Gasteiger partial charge in [0.25, 0.3) is 0 Å². The van der Waals surface area contributed by atoms with Crippen LogP contribution in [0.3, 0.4) is 0 Å².